The number of rotatable bonds is 2. The number of fused-ring (bicyclic) bond motifs is 1. The molecule has 2 saturated heterocycles. The average Bonchev–Trinajstić information content (AvgIpc) is 3.36. The number of carbonyl (C=O) groups is 3. The fraction of sp³-hybridized carbons (Fsp3) is 0.550. The van der Waals surface area contributed by atoms with E-state index < -0.39 is 17.7 Å². The highest BCUT2D eigenvalue weighted by Crippen LogP contribution is 2.46. The molecular weight excluding hydrogens is 346 g/mol. The molecule has 7 nitrogen and oxygen atoms in total. The van der Waals surface area contributed by atoms with Gasteiger partial charge in [0.25, 0.3) is 5.91 Å². The Morgan fingerprint density at radius 3 is 2.48 bits per heavy atom. The first-order valence-corrected chi connectivity index (χ1v) is 9.43. The molecule has 27 heavy (non-hydrogen) atoms. The van der Waals surface area contributed by atoms with Crippen molar-refractivity contribution < 1.29 is 19.1 Å². The van der Waals surface area contributed by atoms with Gasteiger partial charge in [0.1, 0.15) is 11.6 Å². The number of imide groups is 1. The van der Waals surface area contributed by atoms with E-state index >= 15 is 0 Å². The third-order valence-electron chi connectivity index (χ3n) is 5.32. The monoisotopic (exact) mass is 371 g/mol. The molecule has 0 N–H and O–H groups in total. The molecule has 3 atom stereocenters. The average molecular weight is 371 g/mol. The third kappa shape index (κ3) is 3.26. The van der Waals surface area contributed by atoms with Crippen molar-refractivity contribution in [1.82, 2.24) is 14.7 Å². The van der Waals surface area contributed by atoms with Gasteiger partial charge in [-0.3, -0.25) is 9.69 Å². The zero-order chi connectivity index (χ0) is 19.3. The van der Waals surface area contributed by atoms with Gasteiger partial charge >= 0.3 is 12.1 Å². The second kappa shape index (κ2) is 6.25. The van der Waals surface area contributed by atoms with Crippen molar-refractivity contribution >= 4 is 18.0 Å². The lowest BCUT2D eigenvalue weighted by molar-refractivity contribution is -0.129. The van der Waals surface area contributed by atoms with Gasteiger partial charge in [-0.25, -0.2) is 9.59 Å². The van der Waals surface area contributed by atoms with Crippen LogP contribution in [0.1, 0.15) is 38.7 Å². The van der Waals surface area contributed by atoms with Crippen LogP contribution in [0.25, 0.3) is 0 Å². The highest BCUT2D eigenvalue weighted by atomic mass is 16.6. The van der Waals surface area contributed by atoms with Crippen LogP contribution in [0.3, 0.4) is 0 Å². The molecule has 4 amide bonds. The molecule has 2 heterocycles. The number of hydrogen-bond donors (Lipinski definition) is 0. The quantitative estimate of drug-likeness (QED) is 0.749. The summed E-state index contributed by atoms with van der Waals surface area (Å²) in [5.41, 5.74) is 0.565. The van der Waals surface area contributed by atoms with Crippen LogP contribution in [0.5, 0.6) is 0 Å². The minimum Gasteiger partial charge on any atom is -0.444 e. The van der Waals surface area contributed by atoms with Crippen LogP contribution in [0, 0.1) is 0 Å². The summed E-state index contributed by atoms with van der Waals surface area (Å²) < 4.78 is 5.41. The van der Waals surface area contributed by atoms with Crippen molar-refractivity contribution in [3.8, 4) is 0 Å². The van der Waals surface area contributed by atoms with E-state index in [-0.39, 0.29) is 30.4 Å². The van der Waals surface area contributed by atoms with Crippen molar-refractivity contribution in [3.05, 3.63) is 35.9 Å². The van der Waals surface area contributed by atoms with E-state index in [0.29, 0.717) is 13.1 Å². The molecule has 0 radical (unpaired) electrons. The molecule has 2 aliphatic heterocycles. The van der Waals surface area contributed by atoms with Crippen molar-refractivity contribution in [2.24, 2.45) is 0 Å². The zero-order valence-electron chi connectivity index (χ0n) is 15.9. The summed E-state index contributed by atoms with van der Waals surface area (Å²) in [6.07, 6.45) is 0.368. The Morgan fingerprint density at radius 1 is 1.11 bits per heavy atom. The van der Waals surface area contributed by atoms with Crippen molar-refractivity contribution in [2.75, 3.05) is 19.6 Å². The molecule has 1 aromatic carbocycles. The molecule has 4 rings (SSSR count). The normalized spacial score (nSPS) is 27.7. The number of amides is 4. The highest BCUT2D eigenvalue weighted by Gasteiger charge is 2.56. The van der Waals surface area contributed by atoms with Gasteiger partial charge in [-0.2, -0.15) is 0 Å². The van der Waals surface area contributed by atoms with Crippen LogP contribution in [-0.4, -0.2) is 70.1 Å². The summed E-state index contributed by atoms with van der Waals surface area (Å²) in [5, 5.41) is 0. The van der Waals surface area contributed by atoms with Gasteiger partial charge < -0.3 is 14.5 Å². The minimum atomic E-state index is -0.601. The summed E-state index contributed by atoms with van der Waals surface area (Å²) in [6.45, 7) is 6.36. The lowest BCUT2D eigenvalue weighted by Gasteiger charge is -2.36. The molecule has 0 bridgehead atoms. The number of hydrogen-bond acceptors (Lipinski definition) is 4. The standard InChI is InChI=1S/C20H25N3O4/c1-20(2,3)27-19(26)21-9-10-22-16(12-21)17(24)23(18(22)25)15-11-14(15)13-7-5-4-6-8-13/h4-8,14-16H,9-12H2,1-3H3. The molecule has 7 heteroatoms. The van der Waals surface area contributed by atoms with E-state index in [2.05, 4.69) is 0 Å². The molecule has 3 fully saturated rings. The van der Waals surface area contributed by atoms with Gasteiger partial charge in [0.05, 0.1) is 6.54 Å². The molecule has 1 saturated carbocycles. The smallest absolute Gasteiger partial charge is 0.410 e. The van der Waals surface area contributed by atoms with Crippen LogP contribution >= 0.6 is 0 Å². The molecular formula is C20H25N3O4. The van der Waals surface area contributed by atoms with Gasteiger partial charge in [-0.05, 0) is 32.8 Å². The maximum atomic E-state index is 12.9. The summed E-state index contributed by atoms with van der Waals surface area (Å²) >= 11 is 0. The van der Waals surface area contributed by atoms with Gasteiger partial charge in [0, 0.05) is 25.0 Å². The number of ether oxygens (including phenoxy) is 1. The van der Waals surface area contributed by atoms with Crippen LogP contribution in [0.4, 0.5) is 9.59 Å². The van der Waals surface area contributed by atoms with E-state index in [0.717, 1.165) is 12.0 Å². The minimum absolute atomic E-state index is 0.0759. The first-order valence-electron chi connectivity index (χ1n) is 9.43. The molecule has 3 aliphatic rings. The number of benzene rings is 1. The summed E-state index contributed by atoms with van der Waals surface area (Å²) in [5.74, 6) is 0.0131. The highest BCUT2D eigenvalue weighted by molar-refractivity contribution is 6.05. The van der Waals surface area contributed by atoms with Crippen molar-refractivity contribution in [1.29, 1.82) is 0 Å². The topological polar surface area (TPSA) is 70.2 Å². The summed E-state index contributed by atoms with van der Waals surface area (Å²) in [4.78, 5) is 42.6. The fourth-order valence-corrected chi connectivity index (χ4v) is 3.94. The second-order valence-electron chi connectivity index (χ2n) is 8.45. The first kappa shape index (κ1) is 17.8. The van der Waals surface area contributed by atoms with Crippen LogP contribution in [-0.2, 0) is 9.53 Å². The van der Waals surface area contributed by atoms with Gasteiger partial charge in [-0.15, -0.1) is 0 Å². The van der Waals surface area contributed by atoms with E-state index in [1.807, 2.05) is 51.1 Å². The molecule has 1 aromatic rings. The van der Waals surface area contributed by atoms with Crippen LogP contribution in [0.2, 0.25) is 0 Å². The summed E-state index contributed by atoms with van der Waals surface area (Å²) in [7, 11) is 0. The number of nitrogens with zero attached hydrogens (tertiary/aromatic N) is 3. The Hall–Kier alpha value is -2.57. The fourth-order valence-electron chi connectivity index (χ4n) is 3.94. The SMILES string of the molecule is CC(C)(C)OC(=O)N1CCN2C(=O)N(C3CC3c3ccccc3)C(=O)C2C1. The van der Waals surface area contributed by atoms with Crippen LogP contribution < -0.4 is 0 Å². The Bertz CT molecular complexity index is 773. The summed E-state index contributed by atoms with van der Waals surface area (Å²) in [6, 6.07) is 9.07. The molecule has 144 valence electrons. The maximum absolute atomic E-state index is 12.9. The molecule has 1 aliphatic carbocycles. The number of piperazine rings is 1. The number of carbonyl (C=O) groups excluding carboxylic acids is 3. The Kier molecular flexibility index (Phi) is 4.13. The van der Waals surface area contributed by atoms with E-state index in [1.165, 1.54) is 9.80 Å². The lowest BCUT2D eigenvalue weighted by Crippen LogP contribution is -2.55. The Balaban J connectivity index is 1.45. The van der Waals surface area contributed by atoms with E-state index in [4.69, 9.17) is 4.74 Å². The first-order chi connectivity index (χ1) is 12.8. The predicted octanol–water partition coefficient (Wildman–Crippen LogP) is 2.43. The van der Waals surface area contributed by atoms with Crippen molar-refractivity contribution in [2.45, 2.75) is 50.8 Å². The number of urea groups is 1. The second-order valence-corrected chi connectivity index (χ2v) is 8.45. The maximum Gasteiger partial charge on any atom is 0.410 e. The predicted molar refractivity (Wildman–Crippen MR) is 98.1 cm³/mol. The Labute approximate surface area is 158 Å². The van der Waals surface area contributed by atoms with E-state index in [9.17, 15) is 14.4 Å². The van der Waals surface area contributed by atoms with E-state index in [1.54, 1.807) is 4.90 Å². The van der Waals surface area contributed by atoms with Gasteiger partial charge in [0.2, 0.25) is 0 Å². The zero-order valence-corrected chi connectivity index (χ0v) is 15.9. The van der Waals surface area contributed by atoms with Crippen LogP contribution in [0.15, 0.2) is 30.3 Å². The molecule has 0 spiro atoms. The Morgan fingerprint density at radius 2 is 1.81 bits per heavy atom. The van der Waals surface area contributed by atoms with Gasteiger partial charge in [-0.1, -0.05) is 30.3 Å². The van der Waals surface area contributed by atoms with Gasteiger partial charge in [0.15, 0.2) is 0 Å². The van der Waals surface area contributed by atoms with Crippen molar-refractivity contribution in [3.63, 3.8) is 0 Å². The largest absolute Gasteiger partial charge is 0.444 e. The molecule has 3 unspecified atom stereocenters. The third-order valence-corrected chi connectivity index (χ3v) is 5.32. The lowest BCUT2D eigenvalue weighted by atomic mass is 10.1. The molecule has 0 aromatic heterocycles.